The highest BCUT2D eigenvalue weighted by Gasteiger charge is 2.39. The molecule has 0 aromatic heterocycles. The van der Waals surface area contributed by atoms with Crippen molar-refractivity contribution in [3.05, 3.63) is 29.8 Å². The van der Waals surface area contributed by atoms with Crippen LogP contribution in [0.5, 0.6) is 0 Å². The lowest BCUT2D eigenvalue weighted by atomic mass is 9.96. The number of hydrogen-bond acceptors (Lipinski definition) is 2. The van der Waals surface area contributed by atoms with Crippen molar-refractivity contribution >= 4 is 5.69 Å². The molecule has 110 valence electrons. The highest BCUT2D eigenvalue weighted by molar-refractivity contribution is 5.51. The average Bonchev–Trinajstić information content (AvgIpc) is 3.22. The molecule has 2 aliphatic rings. The zero-order valence-electron chi connectivity index (χ0n) is 12.1. The van der Waals surface area contributed by atoms with Crippen LogP contribution in [0.25, 0.3) is 0 Å². The molecule has 1 saturated heterocycles. The molecule has 3 rings (SSSR count). The summed E-state index contributed by atoms with van der Waals surface area (Å²) in [6, 6.07) is 4.63. The summed E-state index contributed by atoms with van der Waals surface area (Å²) in [6.45, 7) is 5.71. The number of anilines is 1. The van der Waals surface area contributed by atoms with Gasteiger partial charge in [-0.05, 0) is 36.8 Å². The van der Waals surface area contributed by atoms with Crippen LogP contribution in [0.1, 0.15) is 26.7 Å². The van der Waals surface area contributed by atoms with Gasteiger partial charge in [-0.15, -0.1) is 0 Å². The standard InChI is InChI=1S/C16H22F2N2/c1-10(2)15-8-19-14(11-6-7-11)9-20(15)16-12(17)4-3-5-13(16)18/h3-5,10-11,14-15,19H,6-9H2,1-2H3. The van der Waals surface area contributed by atoms with E-state index in [0.29, 0.717) is 24.4 Å². The van der Waals surface area contributed by atoms with E-state index >= 15 is 0 Å². The molecule has 4 heteroatoms. The number of nitrogens with zero attached hydrogens (tertiary/aromatic N) is 1. The minimum atomic E-state index is -0.452. The minimum Gasteiger partial charge on any atom is -0.361 e. The Morgan fingerprint density at radius 2 is 1.85 bits per heavy atom. The van der Waals surface area contributed by atoms with Crippen molar-refractivity contribution < 1.29 is 8.78 Å². The van der Waals surface area contributed by atoms with Gasteiger partial charge in [0.25, 0.3) is 0 Å². The van der Waals surface area contributed by atoms with E-state index < -0.39 is 11.6 Å². The first-order valence-electron chi connectivity index (χ1n) is 7.52. The first-order valence-corrected chi connectivity index (χ1v) is 7.52. The second-order valence-corrected chi connectivity index (χ2v) is 6.39. The van der Waals surface area contributed by atoms with Crippen LogP contribution in [-0.4, -0.2) is 25.2 Å². The normalized spacial score (nSPS) is 27.1. The van der Waals surface area contributed by atoms with Crippen molar-refractivity contribution in [2.45, 2.75) is 38.8 Å². The molecule has 1 aliphatic heterocycles. The maximum Gasteiger partial charge on any atom is 0.149 e. The molecular weight excluding hydrogens is 258 g/mol. The summed E-state index contributed by atoms with van der Waals surface area (Å²) >= 11 is 0. The summed E-state index contributed by atoms with van der Waals surface area (Å²) in [7, 11) is 0. The largest absolute Gasteiger partial charge is 0.361 e. The SMILES string of the molecule is CC(C)C1CNC(C2CC2)CN1c1c(F)cccc1F. The Morgan fingerprint density at radius 1 is 1.20 bits per heavy atom. The summed E-state index contributed by atoms with van der Waals surface area (Å²) in [6.07, 6.45) is 2.47. The van der Waals surface area contributed by atoms with Gasteiger partial charge in [0.05, 0.1) is 0 Å². The number of nitrogens with one attached hydrogen (secondary N) is 1. The molecule has 0 amide bonds. The van der Waals surface area contributed by atoms with E-state index in [1.54, 1.807) is 0 Å². The van der Waals surface area contributed by atoms with Crippen LogP contribution >= 0.6 is 0 Å². The van der Waals surface area contributed by atoms with Crippen molar-refractivity contribution in [3.63, 3.8) is 0 Å². The summed E-state index contributed by atoms with van der Waals surface area (Å²) < 4.78 is 28.2. The molecule has 2 fully saturated rings. The fraction of sp³-hybridized carbons (Fsp3) is 0.625. The van der Waals surface area contributed by atoms with Gasteiger partial charge in [-0.25, -0.2) is 8.78 Å². The Balaban J connectivity index is 1.92. The molecule has 1 aromatic rings. The summed E-state index contributed by atoms with van der Waals surface area (Å²) in [5.41, 5.74) is 0.151. The molecule has 1 heterocycles. The van der Waals surface area contributed by atoms with Gasteiger partial charge in [-0.2, -0.15) is 0 Å². The molecule has 2 unspecified atom stereocenters. The molecule has 2 atom stereocenters. The Bertz CT molecular complexity index is 465. The Hall–Kier alpha value is -1.16. The van der Waals surface area contributed by atoms with Gasteiger partial charge >= 0.3 is 0 Å². The van der Waals surface area contributed by atoms with Crippen LogP contribution in [0.3, 0.4) is 0 Å². The van der Waals surface area contributed by atoms with Gasteiger partial charge in [-0.3, -0.25) is 0 Å². The molecule has 1 aromatic carbocycles. The zero-order chi connectivity index (χ0) is 14.3. The van der Waals surface area contributed by atoms with Gasteiger partial charge in [-0.1, -0.05) is 19.9 Å². The van der Waals surface area contributed by atoms with Gasteiger partial charge in [0.1, 0.15) is 17.3 Å². The molecule has 1 saturated carbocycles. The highest BCUT2D eigenvalue weighted by atomic mass is 19.1. The van der Waals surface area contributed by atoms with Crippen LogP contribution in [0.4, 0.5) is 14.5 Å². The number of para-hydroxylation sites is 1. The Labute approximate surface area is 119 Å². The monoisotopic (exact) mass is 280 g/mol. The van der Waals surface area contributed by atoms with Crippen molar-refractivity contribution in [3.8, 4) is 0 Å². The molecule has 0 spiro atoms. The second-order valence-electron chi connectivity index (χ2n) is 6.39. The quantitative estimate of drug-likeness (QED) is 0.915. The van der Waals surface area contributed by atoms with Crippen LogP contribution in [0.15, 0.2) is 18.2 Å². The van der Waals surface area contributed by atoms with E-state index in [1.165, 1.54) is 31.0 Å². The third kappa shape index (κ3) is 2.53. The molecule has 0 radical (unpaired) electrons. The fourth-order valence-electron chi connectivity index (χ4n) is 3.22. The number of hydrogen-bond donors (Lipinski definition) is 1. The molecule has 2 nitrogen and oxygen atoms in total. The zero-order valence-corrected chi connectivity index (χ0v) is 12.1. The van der Waals surface area contributed by atoms with Crippen LogP contribution in [0.2, 0.25) is 0 Å². The van der Waals surface area contributed by atoms with E-state index in [4.69, 9.17) is 0 Å². The topological polar surface area (TPSA) is 15.3 Å². The van der Waals surface area contributed by atoms with Crippen molar-refractivity contribution in [1.82, 2.24) is 5.32 Å². The first-order chi connectivity index (χ1) is 9.58. The summed E-state index contributed by atoms with van der Waals surface area (Å²) in [4.78, 5) is 1.95. The third-order valence-electron chi connectivity index (χ3n) is 4.57. The lowest BCUT2D eigenvalue weighted by Crippen LogP contribution is -2.59. The first kappa shape index (κ1) is 13.8. The molecule has 0 bridgehead atoms. The molecular formula is C16H22F2N2. The molecule has 1 N–H and O–H groups in total. The van der Waals surface area contributed by atoms with Crippen LogP contribution < -0.4 is 10.2 Å². The predicted octanol–water partition coefficient (Wildman–Crippen LogP) is 3.18. The minimum absolute atomic E-state index is 0.136. The number of benzene rings is 1. The predicted molar refractivity (Wildman–Crippen MR) is 76.8 cm³/mol. The van der Waals surface area contributed by atoms with Crippen LogP contribution in [0, 0.1) is 23.5 Å². The maximum absolute atomic E-state index is 14.1. The van der Waals surface area contributed by atoms with E-state index in [0.717, 1.165) is 6.54 Å². The number of halogens is 2. The van der Waals surface area contributed by atoms with Crippen LogP contribution in [-0.2, 0) is 0 Å². The second kappa shape index (κ2) is 5.32. The fourth-order valence-corrected chi connectivity index (χ4v) is 3.22. The van der Waals surface area contributed by atoms with Gasteiger partial charge in [0, 0.05) is 25.2 Å². The Kier molecular flexibility index (Phi) is 3.67. The van der Waals surface area contributed by atoms with Gasteiger partial charge in [0.15, 0.2) is 0 Å². The lowest BCUT2D eigenvalue weighted by Gasteiger charge is -2.44. The summed E-state index contributed by atoms with van der Waals surface area (Å²) in [5, 5.41) is 3.56. The molecule has 20 heavy (non-hydrogen) atoms. The lowest BCUT2D eigenvalue weighted by molar-refractivity contribution is 0.315. The molecule has 1 aliphatic carbocycles. The van der Waals surface area contributed by atoms with Gasteiger partial charge in [0.2, 0.25) is 0 Å². The van der Waals surface area contributed by atoms with Crippen molar-refractivity contribution in [2.75, 3.05) is 18.0 Å². The van der Waals surface area contributed by atoms with E-state index in [2.05, 4.69) is 19.2 Å². The highest BCUT2D eigenvalue weighted by Crippen LogP contribution is 2.37. The van der Waals surface area contributed by atoms with Crippen molar-refractivity contribution in [1.29, 1.82) is 0 Å². The van der Waals surface area contributed by atoms with Crippen molar-refractivity contribution in [2.24, 2.45) is 11.8 Å². The number of piperazine rings is 1. The average molecular weight is 280 g/mol. The van der Waals surface area contributed by atoms with E-state index in [1.807, 2.05) is 4.90 Å². The number of rotatable bonds is 3. The summed E-state index contributed by atoms with van der Waals surface area (Å²) in [5.74, 6) is 0.126. The van der Waals surface area contributed by atoms with E-state index in [9.17, 15) is 8.78 Å². The van der Waals surface area contributed by atoms with E-state index in [-0.39, 0.29) is 11.7 Å². The third-order valence-corrected chi connectivity index (χ3v) is 4.57. The smallest absolute Gasteiger partial charge is 0.149 e. The Morgan fingerprint density at radius 3 is 2.40 bits per heavy atom. The maximum atomic E-state index is 14.1. The van der Waals surface area contributed by atoms with Gasteiger partial charge < -0.3 is 10.2 Å².